The largest absolute Gasteiger partial charge is 0.498 e. The number of allylic oxidation sites excluding steroid dienone is 4. The molecule has 0 amide bonds. The van der Waals surface area contributed by atoms with E-state index in [9.17, 15) is 5.11 Å². The van der Waals surface area contributed by atoms with Gasteiger partial charge in [0.1, 0.15) is 5.76 Å². The summed E-state index contributed by atoms with van der Waals surface area (Å²) >= 11 is 19.7. The van der Waals surface area contributed by atoms with E-state index in [0.717, 1.165) is 11.4 Å². The van der Waals surface area contributed by atoms with Crippen molar-refractivity contribution in [2.24, 2.45) is 0 Å². The zero-order chi connectivity index (χ0) is 15.8. The number of nitrogens with one attached hydrogen (secondary N) is 1. The molecule has 0 aromatic carbocycles. The molecule has 3 nitrogen and oxygen atoms in total. The van der Waals surface area contributed by atoms with E-state index < -0.39 is 6.10 Å². The quantitative estimate of drug-likeness (QED) is 0.221. The van der Waals surface area contributed by atoms with Gasteiger partial charge in [0.05, 0.1) is 29.0 Å². The first kappa shape index (κ1) is 19.0. The van der Waals surface area contributed by atoms with Crippen LogP contribution in [0.3, 0.4) is 0 Å². The molecule has 0 radical (unpaired) electrons. The number of halogens is 3. The van der Waals surface area contributed by atoms with Crippen molar-refractivity contribution >= 4 is 46.8 Å². The van der Waals surface area contributed by atoms with Crippen molar-refractivity contribution in [2.45, 2.75) is 36.1 Å². The standard InChI is InChI=1S/C14H20Cl3NO2S/c1-3-10(15)14(20-2)12(17)6-7-21-18-9-4-5-11(16)13(19)8-9/h3-4,11-13,18-19H,1,5-8H2,2H3/b14-10-. The molecule has 0 fully saturated rings. The molecule has 1 aliphatic carbocycles. The molecule has 21 heavy (non-hydrogen) atoms. The lowest BCUT2D eigenvalue weighted by Gasteiger charge is -2.23. The fourth-order valence-corrected chi connectivity index (χ4v) is 3.54. The summed E-state index contributed by atoms with van der Waals surface area (Å²) in [5.41, 5.74) is 1.00. The van der Waals surface area contributed by atoms with Gasteiger partial charge in [-0.05, 0) is 18.9 Å². The van der Waals surface area contributed by atoms with E-state index in [1.807, 2.05) is 6.08 Å². The first-order chi connectivity index (χ1) is 9.99. The van der Waals surface area contributed by atoms with Gasteiger partial charge < -0.3 is 14.6 Å². The van der Waals surface area contributed by atoms with Gasteiger partial charge in [-0.1, -0.05) is 36.2 Å². The van der Waals surface area contributed by atoms with Crippen LogP contribution in [0, 0.1) is 0 Å². The third-order valence-electron chi connectivity index (χ3n) is 3.03. The number of methoxy groups -OCH3 is 1. The highest BCUT2D eigenvalue weighted by molar-refractivity contribution is 7.97. The van der Waals surface area contributed by atoms with E-state index in [0.29, 0.717) is 30.1 Å². The predicted molar refractivity (Wildman–Crippen MR) is 92.9 cm³/mol. The van der Waals surface area contributed by atoms with Crippen LogP contribution in [0.25, 0.3) is 0 Å². The molecule has 0 bridgehead atoms. The summed E-state index contributed by atoms with van der Waals surface area (Å²) in [6.07, 6.45) is 4.96. The first-order valence-electron chi connectivity index (χ1n) is 6.58. The van der Waals surface area contributed by atoms with Crippen molar-refractivity contribution in [1.29, 1.82) is 0 Å². The van der Waals surface area contributed by atoms with E-state index in [1.54, 1.807) is 7.11 Å². The fourth-order valence-electron chi connectivity index (χ4n) is 1.84. The number of alkyl halides is 2. The molecule has 2 N–H and O–H groups in total. The summed E-state index contributed by atoms with van der Waals surface area (Å²) in [5, 5.41) is 9.64. The Bertz CT molecular complexity index is 415. The highest BCUT2D eigenvalue weighted by Crippen LogP contribution is 2.25. The van der Waals surface area contributed by atoms with Crippen molar-refractivity contribution in [3.8, 4) is 0 Å². The van der Waals surface area contributed by atoms with E-state index in [1.165, 1.54) is 18.0 Å². The Morgan fingerprint density at radius 1 is 1.71 bits per heavy atom. The summed E-state index contributed by atoms with van der Waals surface area (Å²) in [7, 11) is 1.54. The van der Waals surface area contributed by atoms with Crippen LogP contribution in [-0.2, 0) is 4.74 Å². The second-order valence-electron chi connectivity index (χ2n) is 4.58. The molecule has 3 atom stereocenters. The summed E-state index contributed by atoms with van der Waals surface area (Å²) < 4.78 is 8.41. The second kappa shape index (κ2) is 9.90. The number of rotatable bonds is 8. The van der Waals surface area contributed by atoms with Crippen molar-refractivity contribution in [3.05, 3.63) is 35.2 Å². The lowest BCUT2D eigenvalue weighted by atomic mass is 10.0. The zero-order valence-corrected chi connectivity index (χ0v) is 14.9. The van der Waals surface area contributed by atoms with Crippen molar-refractivity contribution in [1.82, 2.24) is 4.72 Å². The van der Waals surface area contributed by atoms with Crippen molar-refractivity contribution < 1.29 is 9.84 Å². The van der Waals surface area contributed by atoms with Gasteiger partial charge in [-0.25, -0.2) is 0 Å². The minimum Gasteiger partial charge on any atom is -0.498 e. The Kier molecular flexibility index (Phi) is 8.98. The molecular formula is C14H20Cl3NO2S. The van der Waals surface area contributed by atoms with Gasteiger partial charge in [-0.2, -0.15) is 0 Å². The molecule has 0 heterocycles. The smallest absolute Gasteiger partial charge is 0.132 e. The van der Waals surface area contributed by atoms with Crippen LogP contribution >= 0.6 is 46.8 Å². The maximum absolute atomic E-state index is 9.70. The molecular weight excluding hydrogens is 353 g/mol. The Balaban J connectivity index is 2.33. The van der Waals surface area contributed by atoms with Crippen LogP contribution in [0.1, 0.15) is 19.3 Å². The maximum atomic E-state index is 9.70. The average molecular weight is 373 g/mol. The molecule has 0 aromatic rings. The van der Waals surface area contributed by atoms with Gasteiger partial charge in [0, 0.05) is 17.9 Å². The molecule has 1 rings (SSSR count). The second-order valence-corrected chi connectivity index (χ2v) is 6.98. The highest BCUT2D eigenvalue weighted by atomic mass is 35.5. The highest BCUT2D eigenvalue weighted by Gasteiger charge is 2.22. The van der Waals surface area contributed by atoms with Crippen LogP contribution in [-0.4, -0.2) is 34.8 Å². The number of hydrogen-bond donors (Lipinski definition) is 2. The number of aliphatic hydroxyl groups is 1. The van der Waals surface area contributed by atoms with Crippen LogP contribution in [0.4, 0.5) is 0 Å². The van der Waals surface area contributed by atoms with E-state index in [4.69, 9.17) is 39.5 Å². The van der Waals surface area contributed by atoms with Crippen LogP contribution < -0.4 is 4.72 Å². The fraction of sp³-hybridized carbons (Fsp3) is 0.571. The summed E-state index contributed by atoms with van der Waals surface area (Å²) in [6, 6.07) is 0. The van der Waals surface area contributed by atoms with Crippen molar-refractivity contribution in [3.63, 3.8) is 0 Å². The molecule has 1 aliphatic rings. The van der Waals surface area contributed by atoms with Crippen LogP contribution in [0.2, 0.25) is 0 Å². The monoisotopic (exact) mass is 371 g/mol. The number of aliphatic hydroxyl groups excluding tert-OH is 1. The molecule has 0 saturated carbocycles. The third kappa shape index (κ3) is 6.33. The molecule has 0 saturated heterocycles. The van der Waals surface area contributed by atoms with E-state index in [-0.39, 0.29) is 10.8 Å². The molecule has 0 aromatic heterocycles. The SMILES string of the molecule is C=C/C(Cl)=C(/OC)C(Cl)CCSNC1=CCC(Cl)C(O)C1. The van der Waals surface area contributed by atoms with E-state index >= 15 is 0 Å². The maximum Gasteiger partial charge on any atom is 0.132 e. The zero-order valence-electron chi connectivity index (χ0n) is 11.8. The van der Waals surface area contributed by atoms with Gasteiger partial charge in [0.15, 0.2) is 0 Å². The summed E-state index contributed by atoms with van der Waals surface area (Å²) in [6.45, 7) is 3.59. The van der Waals surface area contributed by atoms with Gasteiger partial charge in [0.25, 0.3) is 0 Å². The van der Waals surface area contributed by atoms with Gasteiger partial charge in [-0.3, -0.25) is 0 Å². The van der Waals surface area contributed by atoms with Gasteiger partial charge >= 0.3 is 0 Å². The van der Waals surface area contributed by atoms with Crippen LogP contribution in [0.15, 0.2) is 35.2 Å². The topological polar surface area (TPSA) is 41.5 Å². The normalized spacial score (nSPS) is 24.7. The Morgan fingerprint density at radius 2 is 2.43 bits per heavy atom. The van der Waals surface area contributed by atoms with E-state index in [2.05, 4.69) is 11.3 Å². The first-order valence-corrected chi connectivity index (χ1v) is 8.82. The Labute approximate surface area is 145 Å². The average Bonchev–Trinajstić information content (AvgIpc) is 2.47. The van der Waals surface area contributed by atoms with Gasteiger partial charge in [-0.15, -0.1) is 23.2 Å². The Hall–Kier alpha value is -0.000000000000000132. The predicted octanol–water partition coefficient (Wildman–Crippen LogP) is 4.15. The van der Waals surface area contributed by atoms with Crippen LogP contribution in [0.5, 0.6) is 0 Å². The minimum atomic E-state index is -0.491. The lowest BCUT2D eigenvalue weighted by molar-refractivity contribution is 0.163. The third-order valence-corrected chi connectivity index (χ3v) is 5.10. The summed E-state index contributed by atoms with van der Waals surface area (Å²) in [4.78, 5) is 0. The molecule has 0 aliphatic heterocycles. The summed E-state index contributed by atoms with van der Waals surface area (Å²) in [5.74, 6) is 1.31. The minimum absolute atomic E-state index is 0.191. The molecule has 7 heteroatoms. The number of ether oxygens (including phenoxy) is 1. The molecule has 0 spiro atoms. The number of hydrogen-bond acceptors (Lipinski definition) is 4. The van der Waals surface area contributed by atoms with Crippen molar-refractivity contribution in [2.75, 3.05) is 12.9 Å². The Morgan fingerprint density at radius 3 is 3.00 bits per heavy atom. The van der Waals surface area contributed by atoms with Gasteiger partial charge in [0.2, 0.25) is 0 Å². The molecule has 3 unspecified atom stereocenters. The lowest BCUT2D eigenvalue weighted by Crippen LogP contribution is -2.27. The molecule has 120 valence electrons.